The zero-order chi connectivity index (χ0) is 13.0. The molecule has 1 aromatic carbocycles. The van der Waals surface area contributed by atoms with Crippen molar-refractivity contribution in [2.45, 2.75) is 13.8 Å². The second-order valence-corrected chi connectivity index (χ2v) is 3.88. The number of rotatable bonds is 4. The Morgan fingerprint density at radius 1 is 1.47 bits per heavy atom. The van der Waals surface area contributed by atoms with Gasteiger partial charge < -0.3 is 0 Å². The normalized spacial score (nSPS) is 11.6. The van der Waals surface area contributed by atoms with Gasteiger partial charge in [-0.15, -0.1) is 0 Å². The number of carbonyl (C=O) groups excluding carboxylic acids is 1. The van der Waals surface area contributed by atoms with E-state index in [9.17, 15) is 19.3 Å². The van der Waals surface area contributed by atoms with E-state index in [2.05, 4.69) is 0 Å². The predicted molar refractivity (Wildman–Crippen MR) is 61.9 cm³/mol. The van der Waals surface area contributed by atoms with Gasteiger partial charge in [0.25, 0.3) is 5.69 Å². The van der Waals surface area contributed by atoms with E-state index in [1.54, 1.807) is 13.8 Å². The third-order valence-corrected chi connectivity index (χ3v) is 2.32. The van der Waals surface area contributed by atoms with Crippen LogP contribution in [0.2, 0.25) is 0 Å². The summed E-state index contributed by atoms with van der Waals surface area (Å²) >= 11 is 0. The number of benzene rings is 1. The van der Waals surface area contributed by atoms with Crippen LogP contribution in [0.1, 0.15) is 19.4 Å². The molecule has 0 amide bonds. The minimum absolute atomic E-state index is 0.0509. The molecule has 0 aliphatic carbocycles. The minimum atomic E-state index is -0.604. The van der Waals surface area contributed by atoms with E-state index < -0.39 is 10.7 Å². The molecule has 1 rings (SSSR count). The number of allylic oxidation sites excluding steroid dienone is 1. The number of hydrogen-bond acceptors (Lipinski definition) is 3. The van der Waals surface area contributed by atoms with Crippen LogP contribution in [0.15, 0.2) is 23.8 Å². The van der Waals surface area contributed by atoms with Crippen molar-refractivity contribution in [1.82, 2.24) is 0 Å². The van der Waals surface area contributed by atoms with Gasteiger partial charge in [-0.1, -0.05) is 13.8 Å². The van der Waals surface area contributed by atoms with Crippen LogP contribution in [0.4, 0.5) is 10.1 Å². The Labute approximate surface area is 97.9 Å². The van der Waals surface area contributed by atoms with Crippen molar-refractivity contribution in [2.75, 3.05) is 0 Å². The molecule has 4 nitrogen and oxygen atoms in total. The molecule has 0 atom stereocenters. The Kier molecular flexibility index (Phi) is 4.09. The average Bonchev–Trinajstić information content (AvgIpc) is 2.27. The van der Waals surface area contributed by atoms with Crippen molar-refractivity contribution in [3.8, 4) is 0 Å². The van der Waals surface area contributed by atoms with Crippen LogP contribution >= 0.6 is 0 Å². The number of nitrogens with zero attached hydrogens (tertiary/aromatic N) is 1. The molecule has 0 aromatic heterocycles. The number of halogens is 1. The second-order valence-electron chi connectivity index (χ2n) is 3.88. The Bertz CT molecular complexity index is 481. The third-order valence-electron chi connectivity index (χ3n) is 2.32. The molecule has 0 saturated heterocycles. The summed E-state index contributed by atoms with van der Waals surface area (Å²) in [5, 5.41) is 10.5. The van der Waals surface area contributed by atoms with Crippen LogP contribution < -0.4 is 0 Å². The van der Waals surface area contributed by atoms with Crippen LogP contribution in [-0.4, -0.2) is 11.2 Å². The van der Waals surface area contributed by atoms with Gasteiger partial charge in [0.05, 0.1) is 4.92 Å². The highest BCUT2D eigenvalue weighted by Gasteiger charge is 2.11. The SMILES string of the molecule is CC(C)/C(C=O)=C/c1cc([N+](=O)[O-])ccc1F. The first-order chi connectivity index (χ1) is 7.95. The molecule has 17 heavy (non-hydrogen) atoms. The smallest absolute Gasteiger partial charge is 0.270 e. The van der Waals surface area contributed by atoms with Gasteiger partial charge in [0.15, 0.2) is 0 Å². The van der Waals surface area contributed by atoms with Crippen LogP contribution in [0.3, 0.4) is 0 Å². The number of nitro groups is 1. The quantitative estimate of drug-likeness (QED) is 0.350. The first-order valence-corrected chi connectivity index (χ1v) is 5.06. The van der Waals surface area contributed by atoms with Gasteiger partial charge in [-0.3, -0.25) is 14.9 Å². The van der Waals surface area contributed by atoms with Crippen molar-refractivity contribution in [3.05, 3.63) is 45.3 Å². The fraction of sp³-hybridized carbons (Fsp3) is 0.250. The predicted octanol–water partition coefficient (Wildman–Crippen LogP) is 2.97. The lowest BCUT2D eigenvalue weighted by atomic mass is 10.0. The Morgan fingerprint density at radius 3 is 2.59 bits per heavy atom. The Balaban J connectivity index is 3.25. The summed E-state index contributed by atoms with van der Waals surface area (Å²) in [5.41, 5.74) is 0.242. The standard InChI is InChI=1S/C12H12FNO3/c1-8(2)10(7-15)5-9-6-11(14(16)17)3-4-12(9)13/h3-8H,1-2H3/b10-5+. The fourth-order valence-electron chi connectivity index (χ4n) is 1.27. The highest BCUT2D eigenvalue weighted by molar-refractivity contribution is 5.82. The molecule has 0 bridgehead atoms. The van der Waals surface area contributed by atoms with E-state index in [1.165, 1.54) is 6.08 Å². The minimum Gasteiger partial charge on any atom is -0.298 e. The van der Waals surface area contributed by atoms with Gasteiger partial charge >= 0.3 is 0 Å². The van der Waals surface area contributed by atoms with Crippen molar-refractivity contribution in [2.24, 2.45) is 5.92 Å². The maximum atomic E-state index is 13.4. The molecule has 0 spiro atoms. The molecule has 0 aliphatic rings. The molecule has 0 heterocycles. The van der Waals surface area contributed by atoms with Crippen LogP contribution in [-0.2, 0) is 4.79 Å². The lowest BCUT2D eigenvalue weighted by molar-refractivity contribution is -0.384. The van der Waals surface area contributed by atoms with E-state index >= 15 is 0 Å². The molecule has 0 radical (unpaired) electrons. The molecule has 0 aliphatic heterocycles. The summed E-state index contributed by atoms with van der Waals surface area (Å²) in [7, 11) is 0. The molecule has 5 heteroatoms. The molecular formula is C12H12FNO3. The molecular weight excluding hydrogens is 225 g/mol. The Morgan fingerprint density at radius 2 is 2.12 bits per heavy atom. The van der Waals surface area contributed by atoms with E-state index in [0.717, 1.165) is 18.2 Å². The maximum Gasteiger partial charge on any atom is 0.270 e. The first kappa shape index (κ1) is 13.0. The zero-order valence-corrected chi connectivity index (χ0v) is 9.51. The average molecular weight is 237 g/mol. The summed E-state index contributed by atoms with van der Waals surface area (Å²) in [5.74, 6) is -0.651. The van der Waals surface area contributed by atoms with Crippen molar-refractivity contribution < 1.29 is 14.1 Å². The number of carbonyl (C=O) groups is 1. The summed E-state index contributed by atoms with van der Waals surface area (Å²) in [6.07, 6.45) is 1.96. The van der Waals surface area contributed by atoms with Crippen molar-refractivity contribution in [1.29, 1.82) is 0 Å². The molecule has 1 aromatic rings. The highest BCUT2D eigenvalue weighted by Crippen LogP contribution is 2.20. The number of non-ortho nitro benzene ring substituents is 1. The summed E-state index contributed by atoms with van der Waals surface area (Å²) in [4.78, 5) is 20.7. The molecule has 0 fully saturated rings. The van der Waals surface area contributed by atoms with Crippen LogP contribution in [0.25, 0.3) is 6.08 Å². The van der Waals surface area contributed by atoms with Gasteiger partial charge in [-0.25, -0.2) is 4.39 Å². The van der Waals surface area contributed by atoms with E-state index in [-0.39, 0.29) is 17.2 Å². The van der Waals surface area contributed by atoms with Crippen molar-refractivity contribution in [3.63, 3.8) is 0 Å². The van der Waals surface area contributed by atoms with Crippen LogP contribution in [0, 0.1) is 21.8 Å². The third kappa shape index (κ3) is 3.21. The first-order valence-electron chi connectivity index (χ1n) is 5.06. The lowest BCUT2D eigenvalue weighted by Gasteiger charge is -2.04. The summed E-state index contributed by atoms with van der Waals surface area (Å²) in [6, 6.07) is 3.22. The lowest BCUT2D eigenvalue weighted by Crippen LogP contribution is -1.96. The number of nitro benzene ring substituents is 1. The monoisotopic (exact) mass is 237 g/mol. The molecule has 0 N–H and O–H groups in total. The molecule has 0 saturated carbocycles. The van der Waals surface area contributed by atoms with Gasteiger partial charge in [0.1, 0.15) is 12.1 Å². The molecule has 90 valence electrons. The largest absolute Gasteiger partial charge is 0.298 e. The van der Waals surface area contributed by atoms with E-state index in [1.807, 2.05) is 0 Å². The maximum absolute atomic E-state index is 13.4. The van der Waals surface area contributed by atoms with Crippen molar-refractivity contribution >= 4 is 18.0 Å². The molecule has 0 unspecified atom stereocenters. The number of aldehydes is 1. The van der Waals surface area contributed by atoms with Gasteiger partial charge in [-0.05, 0) is 23.6 Å². The fourth-order valence-corrected chi connectivity index (χ4v) is 1.27. The Hall–Kier alpha value is -2.04. The zero-order valence-electron chi connectivity index (χ0n) is 9.51. The van der Waals surface area contributed by atoms with Gasteiger partial charge in [0, 0.05) is 17.7 Å². The van der Waals surface area contributed by atoms with Gasteiger partial charge in [-0.2, -0.15) is 0 Å². The van der Waals surface area contributed by atoms with Gasteiger partial charge in [0.2, 0.25) is 0 Å². The van der Waals surface area contributed by atoms with E-state index in [0.29, 0.717) is 11.9 Å². The topological polar surface area (TPSA) is 60.2 Å². The number of hydrogen-bond donors (Lipinski definition) is 0. The highest BCUT2D eigenvalue weighted by atomic mass is 19.1. The summed E-state index contributed by atoms with van der Waals surface area (Å²) in [6.45, 7) is 3.57. The summed E-state index contributed by atoms with van der Waals surface area (Å²) < 4.78 is 13.4. The van der Waals surface area contributed by atoms with Crippen LogP contribution in [0.5, 0.6) is 0 Å². The second kappa shape index (κ2) is 5.34. The van der Waals surface area contributed by atoms with E-state index in [4.69, 9.17) is 0 Å².